The average Bonchev–Trinajstić information content (AvgIpc) is 2.19. The van der Waals surface area contributed by atoms with Crippen molar-refractivity contribution in [2.75, 3.05) is 0 Å². The Labute approximate surface area is 86.4 Å². The van der Waals surface area contributed by atoms with Crippen molar-refractivity contribution in [1.29, 1.82) is 0 Å². The Balaban J connectivity index is 2.84. The monoisotopic (exact) mass is 236 g/mol. The second-order valence-electron chi connectivity index (χ2n) is 3.02. The molecule has 0 bridgehead atoms. The van der Waals surface area contributed by atoms with E-state index in [4.69, 9.17) is 0 Å². The highest BCUT2D eigenvalue weighted by atomic mass is 79.9. The van der Waals surface area contributed by atoms with Crippen molar-refractivity contribution in [3.63, 3.8) is 0 Å². The van der Waals surface area contributed by atoms with Crippen LogP contribution in [-0.2, 0) is 6.42 Å². The highest BCUT2D eigenvalue weighted by Gasteiger charge is 2.08. The first kappa shape index (κ1) is 8.70. The molecule has 1 heterocycles. The van der Waals surface area contributed by atoms with Crippen LogP contribution in [0.15, 0.2) is 36.5 Å². The van der Waals surface area contributed by atoms with Gasteiger partial charge in [-0.15, -0.1) is 3.59 Å². The van der Waals surface area contributed by atoms with Crippen LogP contribution in [0.5, 0.6) is 0 Å². The summed E-state index contributed by atoms with van der Waals surface area (Å²) in [6.45, 7) is 2.18. The van der Waals surface area contributed by atoms with Crippen LogP contribution in [0, 0.1) is 0 Å². The molecular formula is C11H11BrN+. The highest BCUT2D eigenvalue weighted by Crippen LogP contribution is 2.15. The summed E-state index contributed by atoms with van der Waals surface area (Å²) in [6, 6.07) is 10.6. The van der Waals surface area contributed by atoms with Gasteiger partial charge in [0.05, 0.1) is 5.39 Å². The molecular weight excluding hydrogens is 226 g/mol. The first-order valence-corrected chi connectivity index (χ1v) is 5.12. The molecule has 0 aliphatic rings. The Kier molecular flexibility index (Phi) is 2.32. The highest BCUT2D eigenvalue weighted by molar-refractivity contribution is 9.04. The molecule has 0 unspecified atom stereocenters. The minimum absolute atomic E-state index is 1.08. The van der Waals surface area contributed by atoms with Crippen LogP contribution in [0.4, 0.5) is 0 Å². The molecule has 0 spiro atoms. The molecule has 66 valence electrons. The largest absolute Gasteiger partial charge is 0.332 e. The number of aromatic nitrogens is 1. The number of pyridine rings is 1. The Hall–Kier alpha value is -0.890. The van der Waals surface area contributed by atoms with Gasteiger partial charge < -0.3 is 0 Å². The number of fused-ring (bicyclic) bond motifs is 1. The number of hydrogen-bond acceptors (Lipinski definition) is 0. The van der Waals surface area contributed by atoms with Crippen LogP contribution in [0.3, 0.4) is 0 Å². The van der Waals surface area contributed by atoms with Gasteiger partial charge in [-0.05, 0) is 18.1 Å². The molecule has 13 heavy (non-hydrogen) atoms. The van der Waals surface area contributed by atoms with E-state index in [-0.39, 0.29) is 0 Å². The smallest absolute Gasteiger partial charge is 0.122 e. The fraction of sp³-hybridized carbons (Fsp3) is 0.182. The molecule has 0 fully saturated rings. The molecule has 0 aliphatic heterocycles. The van der Waals surface area contributed by atoms with Gasteiger partial charge in [-0.1, -0.05) is 19.1 Å². The Bertz CT molecular complexity index is 437. The van der Waals surface area contributed by atoms with E-state index in [0.29, 0.717) is 0 Å². The molecule has 0 atom stereocenters. The summed E-state index contributed by atoms with van der Waals surface area (Å²) < 4.78 is 1.97. The second-order valence-corrected chi connectivity index (χ2v) is 3.79. The van der Waals surface area contributed by atoms with Crippen molar-refractivity contribution < 1.29 is 3.59 Å². The zero-order valence-electron chi connectivity index (χ0n) is 7.50. The molecule has 2 aromatic rings. The van der Waals surface area contributed by atoms with Gasteiger partial charge in [-0.25, -0.2) is 0 Å². The van der Waals surface area contributed by atoms with E-state index in [1.54, 1.807) is 0 Å². The van der Waals surface area contributed by atoms with Crippen LogP contribution in [-0.4, -0.2) is 0 Å². The minimum Gasteiger partial charge on any atom is -0.122 e. The summed E-state index contributed by atoms with van der Waals surface area (Å²) in [6.07, 6.45) is 3.12. The van der Waals surface area contributed by atoms with Crippen LogP contribution >= 0.6 is 16.1 Å². The topological polar surface area (TPSA) is 3.88 Å². The minimum atomic E-state index is 1.08. The standard InChI is InChI=1S/C11H11BrN/c1-2-9-7-8-13(12)11-6-4-3-5-10(9)11/h3-8H,2H2,1H3/q+1. The summed E-state index contributed by atoms with van der Waals surface area (Å²) in [7, 11) is 0. The van der Waals surface area contributed by atoms with E-state index in [1.807, 2.05) is 9.79 Å². The lowest BCUT2D eigenvalue weighted by atomic mass is 10.1. The number of hydrogen-bond donors (Lipinski definition) is 0. The molecule has 0 amide bonds. The van der Waals surface area contributed by atoms with E-state index < -0.39 is 0 Å². The quantitative estimate of drug-likeness (QED) is 0.718. The van der Waals surface area contributed by atoms with Crippen molar-refractivity contribution >= 4 is 27.1 Å². The molecule has 0 radical (unpaired) electrons. The lowest BCUT2D eigenvalue weighted by Gasteiger charge is -1.99. The van der Waals surface area contributed by atoms with E-state index >= 15 is 0 Å². The lowest BCUT2D eigenvalue weighted by Crippen LogP contribution is -2.19. The van der Waals surface area contributed by atoms with Gasteiger partial charge in [0, 0.05) is 12.1 Å². The average molecular weight is 237 g/mol. The number of nitrogens with zero attached hydrogens (tertiary/aromatic N) is 1. The van der Waals surface area contributed by atoms with Crippen molar-refractivity contribution in [3.8, 4) is 0 Å². The molecule has 0 aliphatic carbocycles. The first-order valence-electron chi connectivity index (χ1n) is 4.41. The van der Waals surface area contributed by atoms with Gasteiger partial charge in [0.15, 0.2) is 6.20 Å². The molecule has 1 aromatic heterocycles. The summed E-state index contributed by atoms with van der Waals surface area (Å²) >= 11 is 3.48. The zero-order chi connectivity index (χ0) is 9.26. The van der Waals surface area contributed by atoms with Gasteiger partial charge >= 0.3 is 16.1 Å². The Morgan fingerprint density at radius 3 is 2.77 bits per heavy atom. The molecule has 1 nitrogen and oxygen atoms in total. The van der Waals surface area contributed by atoms with Crippen molar-refractivity contribution in [2.45, 2.75) is 13.3 Å². The van der Waals surface area contributed by atoms with Crippen molar-refractivity contribution in [2.24, 2.45) is 0 Å². The number of aryl methyl sites for hydroxylation is 1. The predicted octanol–water partition coefficient (Wildman–Crippen LogP) is 2.85. The third-order valence-electron chi connectivity index (χ3n) is 2.27. The molecule has 0 saturated carbocycles. The number of halogens is 1. The van der Waals surface area contributed by atoms with Crippen LogP contribution in [0.2, 0.25) is 0 Å². The van der Waals surface area contributed by atoms with Crippen molar-refractivity contribution in [3.05, 3.63) is 42.1 Å². The van der Waals surface area contributed by atoms with Crippen LogP contribution < -0.4 is 3.59 Å². The van der Waals surface area contributed by atoms with Gasteiger partial charge in [0.1, 0.15) is 0 Å². The normalized spacial score (nSPS) is 10.6. The third-order valence-corrected chi connectivity index (χ3v) is 2.89. The van der Waals surface area contributed by atoms with E-state index in [1.165, 1.54) is 16.5 Å². The fourth-order valence-electron chi connectivity index (χ4n) is 1.57. The maximum absolute atomic E-state index is 3.48. The molecule has 1 aromatic carbocycles. The predicted molar refractivity (Wildman–Crippen MR) is 57.8 cm³/mol. The molecule has 2 rings (SSSR count). The molecule has 0 saturated heterocycles. The SMILES string of the molecule is CCc1cc[n+](Br)c2ccccc12. The van der Waals surface area contributed by atoms with Crippen LogP contribution in [0.25, 0.3) is 10.9 Å². The molecule has 0 N–H and O–H groups in total. The van der Waals surface area contributed by atoms with Gasteiger partial charge in [-0.3, -0.25) is 0 Å². The van der Waals surface area contributed by atoms with E-state index in [0.717, 1.165) is 6.42 Å². The molecule has 2 heteroatoms. The van der Waals surface area contributed by atoms with E-state index in [2.05, 4.69) is 53.4 Å². The number of rotatable bonds is 1. The van der Waals surface area contributed by atoms with Gasteiger partial charge in [-0.2, -0.15) is 0 Å². The summed E-state index contributed by atoms with van der Waals surface area (Å²) in [5, 5.41) is 1.32. The maximum Gasteiger partial charge on any atom is 0.332 e. The summed E-state index contributed by atoms with van der Waals surface area (Å²) in [4.78, 5) is 0. The fourth-order valence-corrected chi connectivity index (χ4v) is 1.99. The lowest BCUT2D eigenvalue weighted by molar-refractivity contribution is -0.442. The summed E-state index contributed by atoms with van der Waals surface area (Å²) in [5.41, 5.74) is 2.62. The number of benzene rings is 1. The van der Waals surface area contributed by atoms with Crippen LogP contribution in [0.1, 0.15) is 12.5 Å². The second kappa shape index (κ2) is 3.46. The maximum atomic E-state index is 3.48. The van der Waals surface area contributed by atoms with E-state index in [9.17, 15) is 0 Å². The Morgan fingerprint density at radius 2 is 2.00 bits per heavy atom. The third kappa shape index (κ3) is 1.46. The first-order chi connectivity index (χ1) is 6.33. The zero-order valence-corrected chi connectivity index (χ0v) is 9.08. The summed E-state index contributed by atoms with van der Waals surface area (Å²) in [5.74, 6) is 0. The number of para-hydroxylation sites is 1. The van der Waals surface area contributed by atoms with Crippen molar-refractivity contribution in [1.82, 2.24) is 0 Å². The Morgan fingerprint density at radius 1 is 1.23 bits per heavy atom. The van der Waals surface area contributed by atoms with Gasteiger partial charge in [0.25, 0.3) is 0 Å². The van der Waals surface area contributed by atoms with Gasteiger partial charge in [0.2, 0.25) is 5.52 Å².